The van der Waals surface area contributed by atoms with Crippen LogP contribution >= 0.6 is 0 Å². The molecule has 0 saturated heterocycles. The zero-order valence-electron chi connectivity index (χ0n) is 12.0. The molecule has 1 aliphatic carbocycles. The topological polar surface area (TPSA) is 68.3 Å². The van der Waals surface area contributed by atoms with Gasteiger partial charge in [-0.2, -0.15) is 0 Å². The Morgan fingerprint density at radius 2 is 0.950 bits per heavy atom. The molecule has 0 aromatic rings. The van der Waals surface area contributed by atoms with E-state index in [-0.39, 0.29) is 23.0 Å². The molecule has 1 fully saturated rings. The predicted octanol–water partition coefficient (Wildman–Crippen LogP) is 2.22. The summed E-state index contributed by atoms with van der Waals surface area (Å²) in [4.78, 5) is 46.9. The molecule has 0 amide bonds. The lowest BCUT2D eigenvalue weighted by Gasteiger charge is -2.25. The highest BCUT2D eigenvalue weighted by Gasteiger charge is 2.34. The average molecular weight is 276 g/mol. The smallest absolute Gasteiger partial charge is 0.223 e. The predicted molar refractivity (Wildman–Crippen MR) is 75.1 cm³/mol. The van der Waals surface area contributed by atoms with Crippen LogP contribution in [0.3, 0.4) is 0 Å². The van der Waals surface area contributed by atoms with Crippen LogP contribution in [0, 0.1) is 11.8 Å². The molecule has 1 saturated carbocycles. The molecule has 0 aromatic carbocycles. The molecule has 0 bridgehead atoms. The van der Waals surface area contributed by atoms with Crippen molar-refractivity contribution in [2.24, 2.45) is 11.8 Å². The summed E-state index contributed by atoms with van der Waals surface area (Å²) in [5.74, 6) is -2.59. The fraction of sp³-hybridized carbons (Fsp3) is 0.500. The van der Waals surface area contributed by atoms with E-state index in [1.54, 1.807) is 0 Å². The van der Waals surface area contributed by atoms with E-state index in [0.29, 0.717) is 25.7 Å². The zero-order valence-corrected chi connectivity index (χ0v) is 12.0. The van der Waals surface area contributed by atoms with E-state index in [2.05, 4.69) is 13.2 Å². The molecule has 108 valence electrons. The first-order valence-electron chi connectivity index (χ1n) is 6.73. The maximum Gasteiger partial charge on any atom is 0.223 e. The average Bonchev–Trinajstić information content (AvgIpc) is 2.44. The van der Waals surface area contributed by atoms with Crippen LogP contribution in [0.15, 0.2) is 24.3 Å². The van der Waals surface area contributed by atoms with Crippen molar-refractivity contribution in [3.05, 3.63) is 24.3 Å². The van der Waals surface area contributed by atoms with Gasteiger partial charge in [0.1, 0.15) is 0 Å². The number of rotatable bonds is 6. The van der Waals surface area contributed by atoms with Crippen molar-refractivity contribution in [2.75, 3.05) is 0 Å². The van der Waals surface area contributed by atoms with Gasteiger partial charge in [-0.15, -0.1) is 0 Å². The summed E-state index contributed by atoms with van der Waals surface area (Å²) in [5.41, 5.74) is 0.483. The molecule has 20 heavy (non-hydrogen) atoms. The highest BCUT2D eigenvalue weighted by Crippen LogP contribution is 2.31. The first kappa shape index (κ1) is 16.2. The molecule has 0 aromatic heterocycles. The normalized spacial score (nSPS) is 21.9. The summed E-state index contributed by atoms with van der Waals surface area (Å²) in [6, 6.07) is 0. The van der Waals surface area contributed by atoms with E-state index >= 15 is 0 Å². The number of carbonyl (C=O) groups excluding carboxylic acids is 4. The molecule has 4 nitrogen and oxygen atoms in total. The van der Waals surface area contributed by atoms with E-state index in [9.17, 15) is 19.2 Å². The molecule has 0 heterocycles. The van der Waals surface area contributed by atoms with Gasteiger partial charge in [-0.3, -0.25) is 19.2 Å². The van der Waals surface area contributed by atoms with E-state index in [0.717, 1.165) is 0 Å². The Morgan fingerprint density at radius 1 is 0.700 bits per heavy atom. The van der Waals surface area contributed by atoms with Crippen LogP contribution in [0.25, 0.3) is 0 Å². The molecule has 0 N–H and O–H groups in total. The second-order valence-electron chi connectivity index (χ2n) is 5.50. The molecule has 0 radical (unpaired) electrons. The summed E-state index contributed by atoms with van der Waals surface area (Å²) in [7, 11) is 0. The first-order valence-corrected chi connectivity index (χ1v) is 6.73. The molecule has 0 unspecified atom stereocenters. The van der Waals surface area contributed by atoms with Crippen LogP contribution in [-0.4, -0.2) is 23.1 Å². The molecule has 0 atom stereocenters. The highest BCUT2D eigenvalue weighted by molar-refractivity contribution is 6.44. The molecule has 1 aliphatic rings. The maximum absolute atomic E-state index is 11.9. The molecule has 1 rings (SSSR count). The van der Waals surface area contributed by atoms with Crippen molar-refractivity contribution in [3.63, 3.8) is 0 Å². The van der Waals surface area contributed by atoms with Gasteiger partial charge >= 0.3 is 0 Å². The molecule has 0 aliphatic heterocycles. The van der Waals surface area contributed by atoms with Crippen LogP contribution in [0.5, 0.6) is 0 Å². The summed E-state index contributed by atoms with van der Waals surface area (Å²) >= 11 is 0. The third-order valence-corrected chi connectivity index (χ3v) is 3.69. The molecule has 4 heteroatoms. The second kappa shape index (κ2) is 6.55. The third-order valence-electron chi connectivity index (χ3n) is 3.69. The summed E-state index contributed by atoms with van der Waals surface area (Å²) < 4.78 is 0. The fourth-order valence-corrected chi connectivity index (χ4v) is 2.41. The lowest BCUT2D eigenvalue weighted by atomic mass is 9.76. The first-order chi connectivity index (χ1) is 9.25. The van der Waals surface area contributed by atoms with Gasteiger partial charge in [0.2, 0.25) is 23.1 Å². The third kappa shape index (κ3) is 3.59. The van der Waals surface area contributed by atoms with Gasteiger partial charge in [-0.05, 0) is 50.7 Å². The van der Waals surface area contributed by atoms with Crippen LogP contribution in [-0.2, 0) is 19.2 Å². The molecule has 0 spiro atoms. The van der Waals surface area contributed by atoms with Gasteiger partial charge in [-0.1, -0.05) is 13.2 Å². The lowest BCUT2D eigenvalue weighted by Crippen LogP contribution is -2.32. The number of Topliss-reactive ketones (excluding diaryl/α,β-unsaturated/α-hetero) is 4. The van der Waals surface area contributed by atoms with Gasteiger partial charge in [0.05, 0.1) is 0 Å². The Kier molecular flexibility index (Phi) is 5.31. The minimum atomic E-state index is -0.530. The maximum atomic E-state index is 11.9. The fourth-order valence-electron chi connectivity index (χ4n) is 2.41. The van der Waals surface area contributed by atoms with Gasteiger partial charge < -0.3 is 0 Å². The monoisotopic (exact) mass is 276 g/mol. The largest absolute Gasteiger partial charge is 0.290 e. The standard InChI is InChI=1S/C16H20O4/c1-9(2)13(17)15(19)11-5-7-12(8-6-11)16(20)14(18)10(3)4/h11-12H,1,3,5-8H2,2,4H3. The number of carbonyl (C=O) groups is 4. The van der Waals surface area contributed by atoms with Crippen LogP contribution < -0.4 is 0 Å². The van der Waals surface area contributed by atoms with Crippen LogP contribution in [0.1, 0.15) is 39.5 Å². The molecular formula is C16H20O4. The van der Waals surface area contributed by atoms with Crippen LogP contribution in [0.4, 0.5) is 0 Å². The Labute approximate surface area is 118 Å². The Morgan fingerprint density at radius 3 is 1.15 bits per heavy atom. The minimum Gasteiger partial charge on any atom is -0.290 e. The van der Waals surface area contributed by atoms with E-state index in [4.69, 9.17) is 0 Å². The van der Waals surface area contributed by atoms with E-state index < -0.39 is 23.1 Å². The quantitative estimate of drug-likeness (QED) is 0.551. The van der Waals surface area contributed by atoms with E-state index in [1.807, 2.05) is 0 Å². The number of allylic oxidation sites excluding steroid dienone is 2. The van der Waals surface area contributed by atoms with Gasteiger partial charge in [0.15, 0.2) is 0 Å². The lowest BCUT2D eigenvalue weighted by molar-refractivity contribution is -0.140. The molecular weight excluding hydrogens is 256 g/mol. The van der Waals surface area contributed by atoms with Crippen molar-refractivity contribution in [3.8, 4) is 0 Å². The van der Waals surface area contributed by atoms with Crippen molar-refractivity contribution in [1.29, 1.82) is 0 Å². The zero-order chi connectivity index (χ0) is 15.4. The Hall–Kier alpha value is -1.84. The number of ketones is 4. The Bertz CT molecular complexity index is 445. The van der Waals surface area contributed by atoms with Crippen molar-refractivity contribution in [2.45, 2.75) is 39.5 Å². The highest BCUT2D eigenvalue weighted by atomic mass is 16.2. The second-order valence-corrected chi connectivity index (χ2v) is 5.50. The van der Waals surface area contributed by atoms with Crippen molar-refractivity contribution < 1.29 is 19.2 Å². The van der Waals surface area contributed by atoms with Gasteiger partial charge in [0.25, 0.3) is 0 Å². The van der Waals surface area contributed by atoms with Crippen molar-refractivity contribution >= 4 is 23.1 Å². The Balaban J connectivity index is 2.60. The van der Waals surface area contributed by atoms with E-state index in [1.165, 1.54) is 13.8 Å². The minimum absolute atomic E-state index is 0.241. The summed E-state index contributed by atoms with van der Waals surface area (Å²) in [6.07, 6.45) is 1.88. The number of hydrogen-bond acceptors (Lipinski definition) is 4. The van der Waals surface area contributed by atoms with Gasteiger partial charge in [0, 0.05) is 11.8 Å². The summed E-state index contributed by atoms with van der Waals surface area (Å²) in [6.45, 7) is 9.99. The van der Waals surface area contributed by atoms with Gasteiger partial charge in [-0.25, -0.2) is 0 Å². The SMILES string of the molecule is C=C(C)C(=O)C(=O)C1CCC(C(=O)C(=O)C(=C)C)CC1. The van der Waals surface area contributed by atoms with Crippen LogP contribution in [0.2, 0.25) is 0 Å². The van der Waals surface area contributed by atoms with Crippen molar-refractivity contribution in [1.82, 2.24) is 0 Å². The number of hydrogen-bond donors (Lipinski definition) is 0. The summed E-state index contributed by atoms with van der Waals surface area (Å²) in [5, 5.41) is 0.